The maximum Gasteiger partial charge on any atom is 0.143 e. The van der Waals surface area contributed by atoms with Gasteiger partial charge in [-0.25, -0.2) is 4.39 Å². The fourth-order valence-electron chi connectivity index (χ4n) is 1.69. The molecule has 0 saturated heterocycles. The maximum atomic E-state index is 13.4. The minimum Gasteiger partial charge on any atom is -0.506 e. The van der Waals surface area contributed by atoms with Gasteiger partial charge in [-0.05, 0) is 31.2 Å². The first-order valence-corrected chi connectivity index (χ1v) is 7.44. The number of nitrogens with zero attached hydrogens (tertiary/aromatic N) is 1. The lowest BCUT2D eigenvalue weighted by molar-refractivity contribution is 0.472. The number of phenols is 1. The second-order valence-electron chi connectivity index (χ2n) is 4.34. The third-order valence-electron chi connectivity index (χ3n) is 2.76. The van der Waals surface area contributed by atoms with Crippen LogP contribution in [-0.4, -0.2) is 10.8 Å². The molecular formula is C14H9Cl4FN2O. The zero-order valence-electron chi connectivity index (χ0n) is 11.1. The van der Waals surface area contributed by atoms with Crippen LogP contribution in [0, 0.1) is 5.82 Å². The summed E-state index contributed by atoms with van der Waals surface area (Å²) in [4.78, 5) is 0. The molecule has 0 fully saturated rings. The molecule has 0 atom stereocenters. The van der Waals surface area contributed by atoms with Gasteiger partial charge in [0.05, 0.1) is 26.5 Å². The van der Waals surface area contributed by atoms with Crippen molar-refractivity contribution in [2.75, 3.05) is 5.43 Å². The fraction of sp³-hybridized carbons (Fsp3) is 0.0714. The van der Waals surface area contributed by atoms with Crippen molar-refractivity contribution in [1.29, 1.82) is 0 Å². The molecule has 0 unspecified atom stereocenters. The van der Waals surface area contributed by atoms with E-state index in [2.05, 4.69) is 10.5 Å². The van der Waals surface area contributed by atoms with E-state index in [4.69, 9.17) is 46.4 Å². The molecule has 8 heteroatoms. The van der Waals surface area contributed by atoms with Gasteiger partial charge < -0.3 is 5.11 Å². The Balaban J connectivity index is 2.35. The molecule has 3 nitrogen and oxygen atoms in total. The second-order valence-corrected chi connectivity index (χ2v) is 6.00. The Morgan fingerprint density at radius 2 is 1.64 bits per heavy atom. The Hall–Kier alpha value is -1.20. The molecule has 2 rings (SSSR count). The average molecular weight is 382 g/mol. The molecule has 0 saturated carbocycles. The highest BCUT2D eigenvalue weighted by atomic mass is 35.5. The molecule has 0 aliphatic heterocycles. The molecule has 0 aromatic heterocycles. The number of aromatic hydroxyl groups is 1. The van der Waals surface area contributed by atoms with Crippen LogP contribution in [0.15, 0.2) is 29.4 Å². The van der Waals surface area contributed by atoms with Crippen molar-refractivity contribution >= 4 is 57.8 Å². The minimum absolute atomic E-state index is 0.105. The normalized spacial score (nSPS) is 11.6. The molecule has 0 aliphatic carbocycles. The highest BCUT2D eigenvalue weighted by Crippen LogP contribution is 2.34. The molecular weight excluding hydrogens is 373 g/mol. The predicted octanol–water partition coefficient (Wildman–Crippen LogP) is 5.98. The molecule has 0 aliphatic rings. The number of hydrazone groups is 1. The summed E-state index contributed by atoms with van der Waals surface area (Å²) in [6.45, 7) is 1.57. The third-order valence-corrected chi connectivity index (χ3v) is 3.86. The Morgan fingerprint density at radius 1 is 1.05 bits per heavy atom. The topological polar surface area (TPSA) is 44.6 Å². The molecule has 2 N–H and O–H groups in total. The van der Waals surface area contributed by atoms with Gasteiger partial charge >= 0.3 is 0 Å². The quantitative estimate of drug-likeness (QED) is 0.507. The second kappa shape index (κ2) is 6.92. The maximum absolute atomic E-state index is 13.4. The van der Waals surface area contributed by atoms with Gasteiger partial charge in [-0.1, -0.05) is 46.4 Å². The van der Waals surface area contributed by atoms with Crippen LogP contribution in [0.1, 0.15) is 12.5 Å². The molecule has 0 radical (unpaired) electrons. The van der Waals surface area contributed by atoms with E-state index >= 15 is 0 Å². The van der Waals surface area contributed by atoms with E-state index in [1.165, 1.54) is 12.1 Å². The largest absolute Gasteiger partial charge is 0.506 e. The first-order valence-electron chi connectivity index (χ1n) is 5.93. The Labute approximate surface area is 146 Å². The highest BCUT2D eigenvalue weighted by molar-refractivity contribution is 6.41. The number of halogens is 5. The van der Waals surface area contributed by atoms with Crippen LogP contribution in [0.4, 0.5) is 10.1 Å². The van der Waals surface area contributed by atoms with E-state index in [9.17, 15) is 9.50 Å². The van der Waals surface area contributed by atoms with E-state index in [0.29, 0.717) is 16.4 Å². The lowest BCUT2D eigenvalue weighted by atomic mass is 10.1. The Bertz CT molecular complexity index is 742. The molecule has 2 aromatic carbocycles. The minimum atomic E-state index is -0.588. The summed E-state index contributed by atoms with van der Waals surface area (Å²) in [5.74, 6) is -0.852. The van der Waals surface area contributed by atoms with Crippen LogP contribution in [-0.2, 0) is 0 Å². The van der Waals surface area contributed by atoms with Gasteiger partial charge in [0.25, 0.3) is 0 Å². The number of anilines is 1. The van der Waals surface area contributed by atoms with Gasteiger partial charge in [-0.3, -0.25) is 5.43 Å². The first kappa shape index (κ1) is 17.2. The summed E-state index contributed by atoms with van der Waals surface area (Å²) in [5.41, 5.74) is 3.45. The molecule has 116 valence electrons. The average Bonchev–Trinajstić information content (AvgIpc) is 2.41. The third kappa shape index (κ3) is 3.76. The van der Waals surface area contributed by atoms with Crippen LogP contribution < -0.4 is 5.43 Å². The number of phenolic OH excluding ortho intramolecular Hbond substituents is 1. The number of hydrogen-bond acceptors (Lipinski definition) is 3. The van der Waals surface area contributed by atoms with E-state index in [1.807, 2.05) is 0 Å². The van der Waals surface area contributed by atoms with Gasteiger partial charge in [0.2, 0.25) is 0 Å². The van der Waals surface area contributed by atoms with E-state index in [0.717, 1.165) is 12.1 Å². The number of hydrogen-bond donors (Lipinski definition) is 2. The van der Waals surface area contributed by atoms with Crippen LogP contribution in [0.5, 0.6) is 5.75 Å². The fourth-order valence-corrected chi connectivity index (χ4v) is 2.80. The predicted molar refractivity (Wildman–Crippen MR) is 90.4 cm³/mol. The summed E-state index contributed by atoms with van der Waals surface area (Å²) >= 11 is 23.6. The van der Waals surface area contributed by atoms with E-state index in [-0.39, 0.29) is 26.4 Å². The summed E-state index contributed by atoms with van der Waals surface area (Å²) in [6.07, 6.45) is 0. The summed E-state index contributed by atoms with van der Waals surface area (Å²) < 4.78 is 13.4. The molecule has 0 bridgehead atoms. The van der Waals surface area contributed by atoms with Crippen molar-refractivity contribution < 1.29 is 9.50 Å². The number of rotatable bonds is 3. The van der Waals surface area contributed by atoms with Crippen LogP contribution in [0.2, 0.25) is 20.1 Å². The number of benzene rings is 2. The van der Waals surface area contributed by atoms with Crippen LogP contribution in [0.25, 0.3) is 0 Å². The van der Waals surface area contributed by atoms with Crippen molar-refractivity contribution in [1.82, 2.24) is 0 Å². The van der Waals surface area contributed by atoms with E-state index < -0.39 is 5.82 Å². The molecule has 0 heterocycles. The standard InChI is InChI=1S/C14H9Cl4FN2O/c1-6(9-4-8(19)5-12(18)14(9)22)20-21-13-10(16)2-7(15)3-11(13)17/h2-5,21-22H,1H3/b20-6-. The zero-order valence-corrected chi connectivity index (χ0v) is 14.1. The summed E-state index contributed by atoms with van der Waals surface area (Å²) in [7, 11) is 0. The smallest absolute Gasteiger partial charge is 0.143 e. The van der Waals surface area contributed by atoms with Gasteiger partial charge in [0.15, 0.2) is 0 Å². The lowest BCUT2D eigenvalue weighted by Gasteiger charge is -2.09. The zero-order chi connectivity index (χ0) is 16.4. The first-order chi connectivity index (χ1) is 10.3. The van der Waals surface area contributed by atoms with Crippen LogP contribution >= 0.6 is 46.4 Å². The van der Waals surface area contributed by atoms with E-state index in [1.54, 1.807) is 6.92 Å². The Kier molecular flexibility index (Phi) is 5.40. The summed E-state index contributed by atoms with van der Waals surface area (Å²) in [5, 5.41) is 14.7. The van der Waals surface area contributed by atoms with Crippen molar-refractivity contribution in [3.8, 4) is 5.75 Å². The highest BCUT2D eigenvalue weighted by Gasteiger charge is 2.12. The molecule has 0 amide bonds. The van der Waals surface area contributed by atoms with Crippen LogP contribution in [0.3, 0.4) is 0 Å². The van der Waals surface area contributed by atoms with Crippen molar-refractivity contribution in [2.24, 2.45) is 5.10 Å². The van der Waals surface area contributed by atoms with Gasteiger partial charge in [-0.15, -0.1) is 0 Å². The van der Waals surface area contributed by atoms with Gasteiger partial charge in [0.1, 0.15) is 11.6 Å². The Morgan fingerprint density at radius 3 is 2.23 bits per heavy atom. The number of nitrogens with one attached hydrogen (secondary N) is 1. The van der Waals surface area contributed by atoms with Gasteiger partial charge in [0, 0.05) is 10.6 Å². The van der Waals surface area contributed by atoms with Crippen molar-refractivity contribution in [3.05, 3.63) is 55.7 Å². The van der Waals surface area contributed by atoms with Crippen molar-refractivity contribution in [2.45, 2.75) is 6.92 Å². The molecule has 2 aromatic rings. The summed E-state index contributed by atoms with van der Waals surface area (Å²) in [6, 6.07) is 5.12. The van der Waals surface area contributed by atoms with Crippen molar-refractivity contribution in [3.63, 3.8) is 0 Å². The lowest BCUT2D eigenvalue weighted by Crippen LogP contribution is -2.02. The molecule has 22 heavy (non-hydrogen) atoms. The SMILES string of the molecule is C/C(=N/Nc1c(Cl)cc(Cl)cc1Cl)c1cc(F)cc(Cl)c1O. The molecule has 0 spiro atoms. The monoisotopic (exact) mass is 380 g/mol. The van der Waals surface area contributed by atoms with Gasteiger partial charge in [-0.2, -0.15) is 5.10 Å².